The molecule has 0 unspecified atom stereocenters. The van der Waals surface area contributed by atoms with E-state index in [1.165, 1.54) is 12.8 Å². The number of aromatic nitrogens is 3. The maximum Gasteiger partial charge on any atom is 0.268 e. The number of fused-ring (bicyclic) bond motifs is 1. The number of hydrogen-bond donors (Lipinski definition) is 2. The van der Waals surface area contributed by atoms with Gasteiger partial charge in [0.25, 0.3) is 5.91 Å². The van der Waals surface area contributed by atoms with Crippen molar-refractivity contribution in [1.82, 2.24) is 24.8 Å². The number of amides is 1. The molecule has 5 aromatic rings. The van der Waals surface area contributed by atoms with E-state index in [1.54, 1.807) is 0 Å². The summed E-state index contributed by atoms with van der Waals surface area (Å²) in [4.78, 5) is 24.4. The first kappa shape index (κ1) is 26.6. The summed E-state index contributed by atoms with van der Waals surface area (Å²) in [5.74, 6) is -0.137. The average molecular weight is 573 g/mol. The van der Waals surface area contributed by atoms with Crippen LogP contribution in [0.5, 0.6) is 0 Å². The van der Waals surface area contributed by atoms with Crippen molar-refractivity contribution in [2.24, 2.45) is 0 Å². The summed E-state index contributed by atoms with van der Waals surface area (Å²) in [5, 5.41) is 5.38. The molecule has 1 aliphatic rings. The highest BCUT2D eigenvalue weighted by molar-refractivity contribution is 6.31. The number of carbonyl (C=O) groups is 1. The number of likely N-dealkylation sites (tertiary alicyclic amines) is 1. The number of rotatable bonds is 9. The van der Waals surface area contributed by atoms with E-state index in [-0.39, 0.29) is 5.91 Å². The number of benzene rings is 3. The second kappa shape index (κ2) is 11.9. The lowest BCUT2D eigenvalue weighted by molar-refractivity contribution is 0.0948. The van der Waals surface area contributed by atoms with E-state index in [9.17, 15) is 4.79 Å². The molecule has 204 valence electrons. The summed E-state index contributed by atoms with van der Waals surface area (Å²) in [7, 11) is 0. The fourth-order valence-corrected chi connectivity index (χ4v) is 5.84. The van der Waals surface area contributed by atoms with E-state index in [4.69, 9.17) is 28.2 Å². The topological polar surface area (TPSA) is 66.0 Å². The van der Waals surface area contributed by atoms with E-state index < -0.39 is 0 Å². The van der Waals surface area contributed by atoms with Crippen molar-refractivity contribution in [3.05, 3.63) is 100 Å². The van der Waals surface area contributed by atoms with Gasteiger partial charge >= 0.3 is 0 Å². The van der Waals surface area contributed by atoms with Crippen LogP contribution >= 0.6 is 23.2 Å². The summed E-state index contributed by atoms with van der Waals surface area (Å²) in [6.45, 7) is 4.49. The Morgan fingerprint density at radius 1 is 0.950 bits per heavy atom. The molecule has 1 amide bonds. The van der Waals surface area contributed by atoms with Gasteiger partial charge in [-0.3, -0.25) is 4.79 Å². The minimum absolute atomic E-state index is 0.137. The van der Waals surface area contributed by atoms with Crippen LogP contribution in [0.1, 0.15) is 35.3 Å². The van der Waals surface area contributed by atoms with Crippen molar-refractivity contribution in [2.75, 3.05) is 26.2 Å². The zero-order valence-corrected chi connectivity index (χ0v) is 23.7. The average Bonchev–Trinajstić information content (AvgIpc) is 3.71. The number of hydrogen-bond acceptors (Lipinski definition) is 3. The van der Waals surface area contributed by atoms with Crippen LogP contribution < -0.4 is 5.32 Å². The molecule has 1 fully saturated rings. The number of halogens is 2. The Labute approximate surface area is 243 Å². The summed E-state index contributed by atoms with van der Waals surface area (Å²) in [6.07, 6.45) is 5.29. The number of nitrogens with zero attached hydrogens (tertiary/aromatic N) is 3. The smallest absolute Gasteiger partial charge is 0.268 e. The molecule has 2 aromatic heterocycles. The monoisotopic (exact) mass is 571 g/mol. The first-order valence-corrected chi connectivity index (χ1v) is 14.5. The molecule has 6 nitrogen and oxygen atoms in total. The molecule has 40 heavy (non-hydrogen) atoms. The van der Waals surface area contributed by atoms with Crippen LogP contribution in [0, 0.1) is 0 Å². The highest BCUT2D eigenvalue weighted by Gasteiger charge is 2.26. The van der Waals surface area contributed by atoms with Crippen LogP contribution in [0.3, 0.4) is 0 Å². The van der Waals surface area contributed by atoms with E-state index in [1.807, 2.05) is 79.1 Å². The molecule has 8 heteroatoms. The molecule has 0 saturated carbocycles. The molecule has 1 saturated heterocycles. The van der Waals surface area contributed by atoms with Crippen LogP contribution in [-0.2, 0) is 6.54 Å². The highest BCUT2D eigenvalue weighted by Crippen LogP contribution is 2.39. The fourth-order valence-electron chi connectivity index (χ4n) is 5.54. The second-order valence-electron chi connectivity index (χ2n) is 10.3. The van der Waals surface area contributed by atoms with Crippen molar-refractivity contribution in [3.8, 4) is 22.5 Å². The molecule has 0 atom stereocenters. The van der Waals surface area contributed by atoms with E-state index >= 15 is 0 Å². The van der Waals surface area contributed by atoms with Crippen molar-refractivity contribution in [2.45, 2.75) is 25.8 Å². The lowest BCUT2D eigenvalue weighted by Crippen LogP contribution is -2.29. The van der Waals surface area contributed by atoms with Gasteiger partial charge in [-0.25, -0.2) is 4.98 Å². The van der Waals surface area contributed by atoms with Gasteiger partial charge in [0.2, 0.25) is 0 Å². The summed E-state index contributed by atoms with van der Waals surface area (Å²) >= 11 is 12.5. The molecule has 1 aliphatic heterocycles. The zero-order chi connectivity index (χ0) is 27.5. The van der Waals surface area contributed by atoms with Crippen LogP contribution in [-0.4, -0.2) is 51.5 Å². The van der Waals surface area contributed by atoms with Crippen molar-refractivity contribution < 1.29 is 4.79 Å². The van der Waals surface area contributed by atoms with Gasteiger partial charge in [0.05, 0.1) is 17.7 Å². The van der Waals surface area contributed by atoms with Crippen LogP contribution in [0.2, 0.25) is 10.0 Å². The molecule has 3 heterocycles. The predicted molar refractivity (Wildman–Crippen MR) is 163 cm³/mol. The number of aromatic amines is 1. The molecular weight excluding hydrogens is 541 g/mol. The number of imidazole rings is 1. The third kappa shape index (κ3) is 5.66. The summed E-state index contributed by atoms with van der Waals surface area (Å²) < 4.78 is 2.10. The molecule has 0 aliphatic carbocycles. The first-order valence-electron chi connectivity index (χ1n) is 13.7. The zero-order valence-electron chi connectivity index (χ0n) is 22.2. The third-order valence-corrected chi connectivity index (χ3v) is 8.00. The summed E-state index contributed by atoms with van der Waals surface area (Å²) in [6, 6.07) is 23.6. The number of carbonyl (C=O) groups excluding carboxylic acids is 1. The SMILES string of the molecule is O=C(NCCCN1CCCC1)c1[nH]c2cc(Cl)ccc2c1-c1c(-c2ccccc2)ncn1Cc1ccc(Cl)cc1. The molecule has 0 spiro atoms. The maximum absolute atomic E-state index is 13.7. The molecule has 0 bridgehead atoms. The molecule has 0 radical (unpaired) electrons. The van der Waals surface area contributed by atoms with Crippen LogP contribution in [0.15, 0.2) is 79.1 Å². The van der Waals surface area contributed by atoms with E-state index in [0.29, 0.717) is 28.8 Å². The standard InChI is InChI=1S/C32H31Cl2N5O/c33-24-11-9-22(10-12-24)20-39-21-36-29(23-7-2-1-3-8-23)31(39)28-26-14-13-25(34)19-27(26)37-30(28)32(40)35-15-6-18-38-16-4-5-17-38/h1-3,7-14,19,21,37H,4-6,15-18,20H2,(H,35,40). The Bertz CT molecular complexity index is 1620. The molecule has 3 aromatic carbocycles. The van der Waals surface area contributed by atoms with Gasteiger partial charge in [0, 0.05) is 45.2 Å². The van der Waals surface area contributed by atoms with Gasteiger partial charge in [0.15, 0.2) is 0 Å². The molecule has 6 rings (SSSR count). The Balaban J connectivity index is 1.42. The van der Waals surface area contributed by atoms with Crippen LogP contribution in [0.4, 0.5) is 0 Å². The summed E-state index contributed by atoms with van der Waals surface area (Å²) in [5.41, 5.74) is 5.88. The normalized spacial score (nSPS) is 13.8. The second-order valence-corrected chi connectivity index (χ2v) is 11.2. The third-order valence-electron chi connectivity index (χ3n) is 7.51. The van der Waals surface area contributed by atoms with Gasteiger partial charge in [-0.2, -0.15) is 0 Å². The lowest BCUT2D eigenvalue weighted by Gasteiger charge is -2.15. The Morgan fingerprint density at radius 3 is 2.48 bits per heavy atom. The van der Waals surface area contributed by atoms with Gasteiger partial charge in [-0.05, 0) is 68.7 Å². The Morgan fingerprint density at radius 2 is 1.70 bits per heavy atom. The van der Waals surface area contributed by atoms with Crippen LogP contribution in [0.25, 0.3) is 33.4 Å². The van der Waals surface area contributed by atoms with Crippen molar-refractivity contribution in [3.63, 3.8) is 0 Å². The largest absolute Gasteiger partial charge is 0.351 e. The Hall–Kier alpha value is -3.58. The minimum atomic E-state index is -0.137. The van der Waals surface area contributed by atoms with Crippen molar-refractivity contribution in [1.29, 1.82) is 0 Å². The van der Waals surface area contributed by atoms with Gasteiger partial charge in [0.1, 0.15) is 5.69 Å². The van der Waals surface area contributed by atoms with Gasteiger partial charge in [-0.1, -0.05) is 71.7 Å². The number of nitrogens with one attached hydrogen (secondary N) is 2. The van der Waals surface area contributed by atoms with Gasteiger partial charge in [-0.15, -0.1) is 0 Å². The lowest BCUT2D eigenvalue weighted by atomic mass is 10.0. The number of H-pyrrole nitrogens is 1. The van der Waals surface area contributed by atoms with E-state index in [2.05, 4.69) is 19.8 Å². The quantitative estimate of drug-likeness (QED) is 0.183. The van der Waals surface area contributed by atoms with E-state index in [0.717, 1.165) is 65.0 Å². The van der Waals surface area contributed by atoms with Gasteiger partial charge < -0.3 is 19.8 Å². The van der Waals surface area contributed by atoms with Crippen molar-refractivity contribution >= 4 is 40.0 Å². The fraction of sp³-hybridized carbons (Fsp3) is 0.250. The molecular formula is C32H31Cl2N5O. The minimum Gasteiger partial charge on any atom is -0.351 e. The molecule has 2 N–H and O–H groups in total. The maximum atomic E-state index is 13.7. The first-order chi connectivity index (χ1) is 19.6. The predicted octanol–water partition coefficient (Wildman–Crippen LogP) is 7.27. The highest BCUT2D eigenvalue weighted by atomic mass is 35.5. The Kier molecular flexibility index (Phi) is 7.91.